The number of ether oxygens (including phenoxy) is 5. The molecule has 0 radical (unpaired) electrons. The van der Waals surface area contributed by atoms with Crippen LogP contribution in [-0.2, 0) is 15.7 Å². The van der Waals surface area contributed by atoms with E-state index in [-0.39, 0.29) is 13.0 Å². The Balaban J connectivity index is 1.40. The van der Waals surface area contributed by atoms with Crippen LogP contribution in [0.3, 0.4) is 0 Å². The number of rotatable bonds is 15. The third-order valence-electron chi connectivity index (χ3n) is 12.2. The number of hydrogen-bond donors (Lipinski definition) is 3. The molecule has 0 unspecified atom stereocenters. The molecule has 0 saturated carbocycles. The summed E-state index contributed by atoms with van der Waals surface area (Å²) in [6.07, 6.45) is -0.560. The molecule has 2 aromatic heterocycles. The van der Waals surface area contributed by atoms with Gasteiger partial charge in [0.2, 0.25) is 0 Å². The van der Waals surface area contributed by atoms with E-state index in [0.717, 1.165) is 33.4 Å². The smallest absolute Gasteiger partial charge is 0.168 e. The van der Waals surface area contributed by atoms with E-state index in [0.29, 0.717) is 45.8 Å². The lowest BCUT2D eigenvalue weighted by atomic mass is 9.68. The third kappa shape index (κ3) is 7.34. The van der Waals surface area contributed by atoms with E-state index >= 15 is 0 Å². The maximum Gasteiger partial charge on any atom is 0.168 e. The molecule has 12 nitrogen and oxygen atoms in total. The van der Waals surface area contributed by atoms with E-state index in [4.69, 9.17) is 38.6 Å². The van der Waals surface area contributed by atoms with Gasteiger partial charge in [0.05, 0.1) is 47.5 Å². The second kappa shape index (κ2) is 17.9. The molecule has 9 rings (SSSR count). The van der Waals surface area contributed by atoms with Crippen molar-refractivity contribution in [3.05, 3.63) is 203 Å². The number of methoxy groups -OCH3 is 4. The lowest BCUT2D eigenvalue weighted by molar-refractivity contribution is -0.0487. The van der Waals surface area contributed by atoms with Crippen LogP contribution in [0.25, 0.3) is 11.2 Å². The Morgan fingerprint density at radius 2 is 1.02 bits per heavy atom. The van der Waals surface area contributed by atoms with Crippen LogP contribution in [0.2, 0.25) is 0 Å². The van der Waals surface area contributed by atoms with Gasteiger partial charge in [0.25, 0.3) is 0 Å². The number of hydrogen-bond acceptors (Lipinski definition) is 11. The predicted molar refractivity (Wildman–Crippen MR) is 244 cm³/mol. The second-order valence-electron chi connectivity index (χ2n) is 15.6. The molecular formula is C52H49N5O7. The Labute approximate surface area is 371 Å². The van der Waals surface area contributed by atoms with E-state index in [1.165, 1.54) is 0 Å². The highest BCUT2D eigenvalue weighted by Crippen LogP contribution is 2.48. The molecule has 1 aliphatic rings. The standard InChI is InChI=1S/C52H49N5O7/c1-60-40-23-15-35(16-24-40)51(34-11-7-5-8-12-34,36-17-25-41(61-2)26-18-36)50-54-47(46-48(55-50)57(33-53-46)49-45(59)31-44(32-58)64-49)56-52(37-13-9-6-10-14-37,38-19-27-42(62-3)28-20-38)39-21-29-43(63-4)30-22-39/h5-30,33,44-45,49,58-59H,31-32H2,1-4H3,(H,54,55,56)/t44-,45-,49+/m0/s1. The predicted octanol–water partition coefficient (Wildman–Crippen LogP) is 8.29. The molecule has 3 N–H and O–H groups in total. The fourth-order valence-corrected chi connectivity index (χ4v) is 8.98. The zero-order valence-electron chi connectivity index (χ0n) is 36.0. The van der Waals surface area contributed by atoms with Crippen LogP contribution in [0.5, 0.6) is 23.0 Å². The summed E-state index contributed by atoms with van der Waals surface area (Å²) in [5.41, 5.74) is 3.86. The normalized spacial score (nSPS) is 16.4. The van der Waals surface area contributed by atoms with Crippen molar-refractivity contribution in [3.63, 3.8) is 0 Å². The van der Waals surface area contributed by atoms with Crippen LogP contribution >= 0.6 is 0 Å². The zero-order chi connectivity index (χ0) is 44.3. The van der Waals surface area contributed by atoms with Gasteiger partial charge in [0.15, 0.2) is 29.0 Å². The molecule has 12 heteroatoms. The number of imidazole rings is 1. The van der Waals surface area contributed by atoms with Gasteiger partial charge in [-0.1, -0.05) is 109 Å². The van der Waals surface area contributed by atoms with E-state index in [1.807, 2.05) is 133 Å². The molecule has 0 bridgehead atoms. The molecule has 1 fully saturated rings. The van der Waals surface area contributed by atoms with Crippen molar-refractivity contribution in [1.82, 2.24) is 19.5 Å². The minimum atomic E-state index is -1.17. The number of aromatic nitrogens is 4. The van der Waals surface area contributed by atoms with Crippen molar-refractivity contribution < 1.29 is 33.9 Å². The Morgan fingerprint density at radius 3 is 1.45 bits per heavy atom. The van der Waals surface area contributed by atoms with Crippen LogP contribution in [-0.4, -0.2) is 77.0 Å². The summed E-state index contributed by atoms with van der Waals surface area (Å²) in [4.78, 5) is 16.2. The first-order valence-corrected chi connectivity index (χ1v) is 21.0. The highest BCUT2D eigenvalue weighted by Gasteiger charge is 2.45. The van der Waals surface area contributed by atoms with Crippen molar-refractivity contribution in [2.45, 2.75) is 35.8 Å². The Bertz CT molecular complexity index is 2710. The molecule has 0 aliphatic carbocycles. The van der Waals surface area contributed by atoms with E-state index in [1.54, 1.807) is 39.3 Å². The molecule has 1 aliphatic heterocycles. The quantitative estimate of drug-likeness (QED) is 0.0858. The van der Waals surface area contributed by atoms with Gasteiger partial charge in [-0.15, -0.1) is 0 Å². The van der Waals surface area contributed by atoms with Crippen molar-refractivity contribution in [3.8, 4) is 23.0 Å². The van der Waals surface area contributed by atoms with Crippen molar-refractivity contribution in [2.75, 3.05) is 40.4 Å². The summed E-state index contributed by atoms with van der Waals surface area (Å²) in [5, 5.41) is 25.6. The van der Waals surface area contributed by atoms with Gasteiger partial charge >= 0.3 is 0 Å². The average Bonchev–Trinajstić information content (AvgIpc) is 3.97. The fourth-order valence-electron chi connectivity index (χ4n) is 8.98. The number of fused-ring (bicyclic) bond motifs is 1. The molecule has 6 aromatic carbocycles. The Hall–Kier alpha value is -7.25. The first-order chi connectivity index (χ1) is 31.4. The first kappa shape index (κ1) is 42.1. The SMILES string of the molecule is COc1ccc(C(Nc2nc(C(c3ccccc3)(c3ccc(OC)cc3)c3ccc(OC)cc3)nc3c2ncn3[C@@H]2O[C@H](CO)C[C@@H]2O)(c2ccccc2)c2ccc(OC)cc2)cc1. The summed E-state index contributed by atoms with van der Waals surface area (Å²) in [6.45, 7) is -0.247. The van der Waals surface area contributed by atoms with Crippen molar-refractivity contribution >= 4 is 17.0 Å². The minimum Gasteiger partial charge on any atom is -0.497 e. The lowest BCUT2D eigenvalue weighted by Crippen LogP contribution is -2.39. The van der Waals surface area contributed by atoms with Gasteiger partial charge in [-0.25, -0.2) is 15.0 Å². The highest BCUT2D eigenvalue weighted by atomic mass is 16.5. The largest absolute Gasteiger partial charge is 0.497 e. The van der Waals surface area contributed by atoms with Gasteiger partial charge in [-0.05, 0) is 81.9 Å². The molecule has 3 heterocycles. The van der Waals surface area contributed by atoms with Crippen LogP contribution in [0.1, 0.15) is 51.9 Å². The number of nitrogens with one attached hydrogen (secondary N) is 1. The van der Waals surface area contributed by atoms with Crippen LogP contribution < -0.4 is 24.3 Å². The molecule has 3 atom stereocenters. The molecule has 0 amide bonds. The van der Waals surface area contributed by atoms with Gasteiger partial charge in [-0.3, -0.25) is 4.57 Å². The average molecular weight is 856 g/mol. The number of aliphatic hydroxyl groups is 2. The maximum atomic E-state index is 11.5. The fraction of sp³-hybridized carbons (Fsp3) is 0.212. The monoisotopic (exact) mass is 855 g/mol. The second-order valence-corrected chi connectivity index (χ2v) is 15.6. The molecule has 1 saturated heterocycles. The van der Waals surface area contributed by atoms with Gasteiger partial charge < -0.3 is 39.2 Å². The summed E-state index contributed by atoms with van der Waals surface area (Å²) in [6, 6.07) is 52.1. The summed E-state index contributed by atoms with van der Waals surface area (Å²) in [5.74, 6) is 3.60. The maximum absolute atomic E-state index is 11.5. The summed E-state index contributed by atoms with van der Waals surface area (Å²) >= 11 is 0. The Morgan fingerprint density at radius 1 is 0.594 bits per heavy atom. The molecule has 324 valence electrons. The van der Waals surface area contributed by atoms with Gasteiger partial charge in [0.1, 0.15) is 40.1 Å². The number of aliphatic hydroxyl groups excluding tert-OH is 2. The van der Waals surface area contributed by atoms with Crippen molar-refractivity contribution in [2.24, 2.45) is 0 Å². The van der Waals surface area contributed by atoms with Gasteiger partial charge in [-0.2, -0.15) is 0 Å². The van der Waals surface area contributed by atoms with Crippen LogP contribution in [0.4, 0.5) is 5.82 Å². The van der Waals surface area contributed by atoms with E-state index < -0.39 is 29.4 Å². The number of benzene rings is 6. The van der Waals surface area contributed by atoms with Crippen LogP contribution in [0.15, 0.2) is 164 Å². The van der Waals surface area contributed by atoms with E-state index in [9.17, 15) is 10.2 Å². The summed E-state index contributed by atoms with van der Waals surface area (Å²) < 4.78 is 30.7. The Kier molecular flexibility index (Phi) is 11.7. The number of anilines is 1. The number of nitrogens with zero attached hydrogens (tertiary/aromatic N) is 4. The molecule has 64 heavy (non-hydrogen) atoms. The minimum absolute atomic E-state index is 0.238. The van der Waals surface area contributed by atoms with Crippen molar-refractivity contribution in [1.29, 1.82) is 0 Å². The van der Waals surface area contributed by atoms with Gasteiger partial charge in [0, 0.05) is 6.42 Å². The summed E-state index contributed by atoms with van der Waals surface area (Å²) in [7, 11) is 6.58. The zero-order valence-corrected chi connectivity index (χ0v) is 36.0. The first-order valence-electron chi connectivity index (χ1n) is 21.0. The molecule has 8 aromatic rings. The lowest BCUT2D eigenvalue weighted by Gasteiger charge is -2.38. The molecular weight excluding hydrogens is 807 g/mol. The third-order valence-corrected chi connectivity index (χ3v) is 12.2. The molecule has 0 spiro atoms. The van der Waals surface area contributed by atoms with E-state index in [2.05, 4.69) is 29.6 Å². The van der Waals surface area contributed by atoms with Crippen LogP contribution in [0, 0.1) is 0 Å². The topological polar surface area (TPSA) is 142 Å². The highest BCUT2D eigenvalue weighted by molar-refractivity contribution is 5.85.